The zero-order valence-electron chi connectivity index (χ0n) is 13.4. The molecule has 2 amide bonds. The number of carbonyl (C=O) groups is 1. The fourth-order valence-electron chi connectivity index (χ4n) is 3.73. The minimum absolute atomic E-state index is 0.0646. The molecular weight excluding hydrogens is 266 g/mol. The van der Waals surface area contributed by atoms with E-state index in [1.807, 2.05) is 4.90 Å². The Hall–Kier alpha value is -0.810. The monoisotopic (exact) mass is 297 g/mol. The Kier molecular flexibility index (Phi) is 6.77. The van der Waals surface area contributed by atoms with Crippen molar-refractivity contribution in [3.63, 3.8) is 0 Å². The Balaban J connectivity index is 1.82. The average molecular weight is 297 g/mol. The predicted octanol–water partition coefficient (Wildman–Crippen LogP) is 1.81. The standard InChI is InChI=1S/C16H31N3O2/c1-2-18-10-5-3-8-15(18)13-17-16(21)19-11-6-4-7-14(19)9-12-20/h14-15,20H,2-13H2,1H3,(H,17,21). The van der Waals surface area contributed by atoms with Gasteiger partial charge in [0.25, 0.3) is 0 Å². The second-order valence-electron chi connectivity index (χ2n) is 6.32. The molecule has 21 heavy (non-hydrogen) atoms. The Labute approximate surface area is 128 Å². The van der Waals surface area contributed by atoms with E-state index in [1.165, 1.54) is 25.7 Å². The predicted molar refractivity (Wildman–Crippen MR) is 84.3 cm³/mol. The van der Waals surface area contributed by atoms with Gasteiger partial charge in [-0.25, -0.2) is 4.79 Å². The molecule has 0 aliphatic carbocycles. The second-order valence-corrected chi connectivity index (χ2v) is 6.32. The number of aliphatic hydroxyl groups is 1. The Morgan fingerprint density at radius 2 is 1.86 bits per heavy atom. The van der Waals surface area contributed by atoms with Gasteiger partial charge in [-0.3, -0.25) is 4.90 Å². The van der Waals surface area contributed by atoms with Crippen molar-refractivity contribution >= 4 is 6.03 Å². The molecule has 2 heterocycles. The number of hydrogen-bond acceptors (Lipinski definition) is 3. The van der Waals surface area contributed by atoms with E-state index in [-0.39, 0.29) is 18.7 Å². The zero-order chi connectivity index (χ0) is 15.1. The highest BCUT2D eigenvalue weighted by Crippen LogP contribution is 2.20. The molecule has 5 nitrogen and oxygen atoms in total. The van der Waals surface area contributed by atoms with Crippen molar-refractivity contribution in [3.8, 4) is 0 Å². The van der Waals surface area contributed by atoms with Crippen LogP contribution in [0.15, 0.2) is 0 Å². The highest BCUT2D eigenvalue weighted by atomic mass is 16.3. The molecule has 0 saturated carbocycles. The van der Waals surface area contributed by atoms with Gasteiger partial charge >= 0.3 is 6.03 Å². The number of likely N-dealkylation sites (N-methyl/N-ethyl adjacent to an activating group) is 1. The maximum absolute atomic E-state index is 12.4. The summed E-state index contributed by atoms with van der Waals surface area (Å²) in [5, 5.41) is 12.3. The SMILES string of the molecule is CCN1CCCCC1CNC(=O)N1CCCCC1CCO. The van der Waals surface area contributed by atoms with Crippen LogP contribution in [0.5, 0.6) is 0 Å². The molecule has 122 valence electrons. The normalized spacial score (nSPS) is 27.6. The van der Waals surface area contributed by atoms with Crippen LogP contribution in [0, 0.1) is 0 Å². The molecule has 2 rings (SSSR count). The molecular formula is C16H31N3O2. The largest absolute Gasteiger partial charge is 0.396 e. The summed E-state index contributed by atoms with van der Waals surface area (Å²) in [6, 6.07) is 0.779. The number of nitrogens with zero attached hydrogens (tertiary/aromatic N) is 2. The average Bonchev–Trinajstić information content (AvgIpc) is 2.53. The van der Waals surface area contributed by atoms with Crippen molar-refractivity contribution in [1.82, 2.24) is 15.1 Å². The third kappa shape index (κ3) is 4.58. The molecule has 0 aromatic rings. The number of carbonyl (C=O) groups excluding carboxylic acids is 1. The van der Waals surface area contributed by atoms with Gasteiger partial charge in [-0.1, -0.05) is 13.3 Å². The zero-order valence-corrected chi connectivity index (χ0v) is 13.4. The molecule has 5 heteroatoms. The first-order chi connectivity index (χ1) is 10.3. The van der Waals surface area contributed by atoms with Gasteiger partial charge in [0.1, 0.15) is 0 Å². The molecule has 0 aromatic heterocycles. The van der Waals surface area contributed by atoms with E-state index < -0.39 is 0 Å². The van der Waals surface area contributed by atoms with Gasteiger partial charge in [0, 0.05) is 31.8 Å². The number of urea groups is 1. The van der Waals surface area contributed by atoms with Gasteiger partial charge in [0.05, 0.1) is 0 Å². The minimum Gasteiger partial charge on any atom is -0.396 e. The molecule has 0 spiro atoms. The number of piperidine rings is 2. The van der Waals surface area contributed by atoms with E-state index in [9.17, 15) is 4.79 Å². The first kappa shape index (κ1) is 16.6. The summed E-state index contributed by atoms with van der Waals surface area (Å²) in [6.45, 7) is 6.18. The first-order valence-corrected chi connectivity index (χ1v) is 8.65. The van der Waals surface area contributed by atoms with Crippen molar-refractivity contribution in [2.24, 2.45) is 0 Å². The quantitative estimate of drug-likeness (QED) is 0.814. The van der Waals surface area contributed by atoms with Gasteiger partial charge in [0.15, 0.2) is 0 Å². The Morgan fingerprint density at radius 1 is 1.14 bits per heavy atom. The number of aliphatic hydroxyl groups excluding tert-OH is 1. The summed E-state index contributed by atoms with van der Waals surface area (Å²) in [5.41, 5.74) is 0. The van der Waals surface area contributed by atoms with E-state index in [0.29, 0.717) is 12.5 Å². The van der Waals surface area contributed by atoms with Crippen LogP contribution >= 0.6 is 0 Å². The van der Waals surface area contributed by atoms with Crippen molar-refractivity contribution in [2.75, 3.05) is 32.8 Å². The van der Waals surface area contributed by atoms with Crippen molar-refractivity contribution < 1.29 is 9.90 Å². The van der Waals surface area contributed by atoms with Crippen molar-refractivity contribution in [3.05, 3.63) is 0 Å². The second kappa shape index (κ2) is 8.59. The number of hydrogen-bond donors (Lipinski definition) is 2. The lowest BCUT2D eigenvalue weighted by molar-refractivity contribution is 0.122. The molecule has 0 bridgehead atoms. The fourth-order valence-corrected chi connectivity index (χ4v) is 3.73. The fraction of sp³-hybridized carbons (Fsp3) is 0.938. The maximum atomic E-state index is 12.4. The van der Waals surface area contributed by atoms with Crippen LogP contribution in [0.25, 0.3) is 0 Å². The summed E-state index contributed by atoms with van der Waals surface area (Å²) < 4.78 is 0. The number of nitrogens with one attached hydrogen (secondary N) is 1. The summed E-state index contributed by atoms with van der Waals surface area (Å²) >= 11 is 0. The van der Waals surface area contributed by atoms with Crippen LogP contribution in [-0.4, -0.2) is 65.8 Å². The lowest BCUT2D eigenvalue weighted by Crippen LogP contribution is -2.53. The minimum atomic E-state index is 0.0646. The molecule has 0 radical (unpaired) electrons. The highest BCUT2D eigenvalue weighted by molar-refractivity contribution is 5.74. The topological polar surface area (TPSA) is 55.8 Å². The molecule has 2 saturated heterocycles. The van der Waals surface area contributed by atoms with Gasteiger partial charge in [-0.15, -0.1) is 0 Å². The van der Waals surface area contributed by atoms with Crippen molar-refractivity contribution in [1.29, 1.82) is 0 Å². The van der Waals surface area contributed by atoms with Gasteiger partial charge in [-0.05, 0) is 51.6 Å². The highest BCUT2D eigenvalue weighted by Gasteiger charge is 2.27. The molecule has 2 aliphatic heterocycles. The number of rotatable bonds is 5. The molecule has 2 aliphatic rings. The van der Waals surface area contributed by atoms with Gasteiger partial charge in [-0.2, -0.15) is 0 Å². The van der Waals surface area contributed by atoms with E-state index >= 15 is 0 Å². The third-order valence-corrected chi connectivity index (χ3v) is 4.99. The van der Waals surface area contributed by atoms with E-state index in [0.717, 1.165) is 39.0 Å². The van der Waals surface area contributed by atoms with Crippen LogP contribution in [-0.2, 0) is 0 Å². The van der Waals surface area contributed by atoms with Crippen LogP contribution < -0.4 is 5.32 Å². The van der Waals surface area contributed by atoms with Crippen LogP contribution in [0.2, 0.25) is 0 Å². The Bertz CT molecular complexity index is 323. The maximum Gasteiger partial charge on any atom is 0.317 e. The number of amides is 2. The summed E-state index contributed by atoms with van der Waals surface area (Å²) in [7, 11) is 0. The smallest absolute Gasteiger partial charge is 0.317 e. The lowest BCUT2D eigenvalue weighted by Gasteiger charge is -2.38. The summed E-state index contributed by atoms with van der Waals surface area (Å²) in [5.74, 6) is 0. The lowest BCUT2D eigenvalue weighted by atomic mass is 10.00. The molecule has 2 N–H and O–H groups in total. The van der Waals surface area contributed by atoms with Gasteiger partial charge < -0.3 is 15.3 Å². The van der Waals surface area contributed by atoms with Crippen molar-refractivity contribution in [2.45, 2.75) is 64.0 Å². The number of likely N-dealkylation sites (tertiary alicyclic amines) is 2. The molecule has 0 aromatic carbocycles. The first-order valence-electron chi connectivity index (χ1n) is 8.65. The molecule has 2 atom stereocenters. The van der Waals surface area contributed by atoms with Crippen LogP contribution in [0.1, 0.15) is 51.9 Å². The van der Waals surface area contributed by atoms with Gasteiger partial charge in [0.2, 0.25) is 0 Å². The van der Waals surface area contributed by atoms with Crippen LogP contribution in [0.3, 0.4) is 0 Å². The van der Waals surface area contributed by atoms with Crippen LogP contribution in [0.4, 0.5) is 4.79 Å². The Morgan fingerprint density at radius 3 is 2.57 bits per heavy atom. The third-order valence-electron chi connectivity index (χ3n) is 4.99. The molecule has 2 fully saturated rings. The summed E-state index contributed by atoms with van der Waals surface area (Å²) in [6.07, 6.45) is 7.72. The molecule has 2 unspecified atom stereocenters. The van der Waals surface area contributed by atoms with E-state index in [4.69, 9.17) is 5.11 Å². The van der Waals surface area contributed by atoms with E-state index in [1.54, 1.807) is 0 Å². The summed E-state index contributed by atoms with van der Waals surface area (Å²) in [4.78, 5) is 16.9. The van der Waals surface area contributed by atoms with E-state index in [2.05, 4.69) is 17.1 Å².